The Hall–Kier alpha value is -2.43. The number of hydrogen-bond acceptors (Lipinski definition) is 3. The highest BCUT2D eigenvalue weighted by molar-refractivity contribution is 6.11. The second kappa shape index (κ2) is 4.61. The van der Waals surface area contributed by atoms with Crippen LogP contribution in [0.2, 0.25) is 0 Å². The molecule has 5 heteroatoms. The van der Waals surface area contributed by atoms with Crippen molar-refractivity contribution in [3.8, 4) is 0 Å². The van der Waals surface area contributed by atoms with Gasteiger partial charge in [-0.05, 0) is 11.6 Å². The van der Waals surface area contributed by atoms with E-state index in [1.165, 1.54) is 6.08 Å². The first kappa shape index (κ1) is 11.1. The molecule has 0 bridgehead atoms. The van der Waals surface area contributed by atoms with E-state index in [-0.39, 0.29) is 5.70 Å². The Kier molecular flexibility index (Phi) is 3.00. The minimum absolute atomic E-state index is 0.107. The maximum Gasteiger partial charge on any atom is 0.326 e. The Labute approximate surface area is 97.5 Å². The lowest BCUT2D eigenvalue weighted by Crippen LogP contribution is -2.22. The quantitative estimate of drug-likeness (QED) is 0.456. The van der Waals surface area contributed by atoms with Gasteiger partial charge in [0.2, 0.25) is 0 Å². The molecule has 2 rings (SSSR count). The topological polar surface area (TPSA) is 75.3 Å². The van der Waals surface area contributed by atoms with Gasteiger partial charge in [-0.2, -0.15) is 0 Å². The zero-order valence-electron chi connectivity index (χ0n) is 8.84. The number of hydrogen-bond donors (Lipinski definition) is 2. The van der Waals surface area contributed by atoms with Crippen LogP contribution >= 0.6 is 0 Å². The minimum atomic E-state index is -0.570. The van der Waals surface area contributed by atoms with Crippen molar-refractivity contribution in [2.75, 3.05) is 0 Å². The standard InChI is InChI=1S/C12H10N2O3/c15-7-9(8-4-2-1-3-5-8)6-10-11(16)14-12(17)13-10/h1-7,9H,(H2,13,14,16,17)/b10-6-/t9-/m1/s1. The van der Waals surface area contributed by atoms with E-state index in [0.29, 0.717) is 0 Å². The summed E-state index contributed by atoms with van der Waals surface area (Å²) in [5.74, 6) is -1.06. The third-order valence-electron chi connectivity index (χ3n) is 2.40. The molecule has 1 aromatic carbocycles. The fourth-order valence-electron chi connectivity index (χ4n) is 1.57. The van der Waals surface area contributed by atoms with Crippen LogP contribution in [0.4, 0.5) is 4.79 Å². The Bertz CT molecular complexity index is 494. The molecular formula is C12H10N2O3. The second-order valence-electron chi connectivity index (χ2n) is 3.56. The van der Waals surface area contributed by atoms with Crippen molar-refractivity contribution in [3.05, 3.63) is 47.7 Å². The van der Waals surface area contributed by atoms with Gasteiger partial charge in [0.25, 0.3) is 5.91 Å². The zero-order chi connectivity index (χ0) is 12.3. The van der Waals surface area contributed by atoms with Gasteiger partial charge in [-0.15, -0.1) is 0 Å². The van der Waals surface area contributed by atoms with Crippen LogP contribution in [0.15, 0.2) is 42.1 Å². The fourth-order valence-corrected chi connectivity index (χ4v) is 1.57. The number of carbonyl (C=O) groups is 3. The Morgan fingerprint density at radius 1 is 1.06 bits per heavy atom. The summed E-state index contributed by atoms with van der Waals surface area (Å²) in [7, 11) is 0. The monoisotopic (exact) mass is 230 g/mol. The van der Waals surface area contributed by atoms with Gasteiger partial charge < -0.3 is 10.1 Å². The maximum atomic E-state index is 11.3. The number of amides is 3. The zero-order valence-corrected chi connectivity index (χ0v) is 8.84. The number of benzene rings is 1. The minimum Gasteiger partial charge on any atom is -0.303 e. The van der Waals surface area contributed by atoms with Crippen LogP contribution in [-0.2, 0) is 9.59 Å². The average Bonchev–Trinajstić information content (AvgIpc) is 2.66. The number of carbonyl (C=O) groups excluding carboxylic acids is 3. The third-order valence-corrected chi connectivity index (χ3v) is 2.40. The van der Waals surface area contributed by atoms with Crippen molar-refractivity contribution < 1.29 is 14.4 Å². The van der Waals surface area contributed by atoms with E-state index in [4.69, 9.17) is 0 Å². The van der Waals surface area contributed by atoms with Crippen molar-refractivity contribution >= 4 is 18.2 Å². The molecule has 17 heavy (non-hydrogen) atoms. The summed E-state index contributed by atoms with van der Waals surface area (Å²) < 4.78 is 0. The van der Waals surface area contributed by atoms with Gasteiger partial charge >= 0.3 is 6.03 Å². The van der Waals surface area contributed by atoms with Gasteiger partial charge in [-0.3, -0.25) is 10.1 Å². The van der Waals surface area contributed by atoms with Crippen molar-refractivity contribution in [1.29, 1.82) is 0 Å². The Morgan fingerprint density at radius 3 is 2.29 bits per heavy atom. The predicted octanol–water partition coefficient (Wildman–Crippen LogP) is 0.692. The molecule has 1 fully saturated rings. The number of nitrogens with one attached hydrogen (secondary N) is 2. The molecule has 0 aliphatic carbocycles. The molecule has 2 N–H and O–H groups in total. The van der Waals surface area contributed by atoms with E-state index in [1.54, 1.807) is 24.3 Å². The van der Waals surface area contributed by atoms with Crippen molar-refractivity contribution in [1.82, 2.24) is 10.6 Å². The van der Waals surface area contributed by atoms with Crippen LogP contribution in [-0.4, -0.2) is 18.2 Å². The summed E-state index contributed by atoms with van der Waals surface area (Å²) in [6.07, 6.45) is 2.16. The summed E-state index contributed by atoms with van der Waals surface area (Å²) in [6.45, 7) is 0. The van der Waals surface area contributed by atoms with Crippen LogP contribution < -0.4 is 10.6 Å². The maximum absolute atomic E-state index is 11.3. The molecule has 5 nitrogen and oxygen atoms in total. The molecule has 0 saturated carbocycles. The summed E-state index contributed by atoms with van der Waals surface area (Å²) in [5.41, 5.74) is 0.875. The third kappa shape index (κ3) is 2.39. The highest BCUT2D eigenvalue weighted by Crippen LogP contribution is 2.16. The molecule has 0 aromatic heterocycles. The molecule has 0 radical (unpaired) electrons. The molecule has 0 spiro atoms. The molecule has 1 aliphatic heterocycles. The lowest BCUT2D eigenvalue weighted by atomic mass is 9.99. The van der Waals surface area contributed by atoms with Crippen LogP contribution in [0.5, 0.6) is 0 Å². The van der Waals surface area contributed by atoms with Gasteiger partial charge in [0, 0.05) is 0 Å². The first-order valence-electron chi connectivity index (χ1n) is 5.05. The number of urea groups is 1. The fraction of sp³-hybridized carbons (Fsp3) is 0.0833. The first-order chi connectivity index (χ1) is 8.20. The number of rotatable bonds is 3. The molecule has 86 valence electrons. The van der Waals surface area contributed by atoms with Gasteiger partial charge in [0.1, 0.15) is 12.0 Å². The van der Waals surface area contributed by atoms with E-state index in [2.05, 4.69) is 10.6 Å². The Balaban J connectivity index is 2.27. The lowest BCUT2D eigenvalue weighted by Gasteiger charge is -2.05. The van der Waals surface area contributed by atoms with Crippen LogP contribution in [0, 0.1) is 0 Å². The SMILES string of the molecule is O=C[C@@H](/C=C1\NC(=O)NC1=O)c1ccccc1. The van der Waals surface area contributed by atoms with E-state index >= 15 is 0 Å². The summed E-state index contributed by atoms with van der Waals surface area (Å²) in [5, 5.41) is 4.42. The van der Waals surface area contributed by atoms with Crippen molar-refractivity contribution in [2.45, 2.75) is 5.92 Å². The van der Waals surface area contributed by atoms with Crippen LogP contribution in [0.1, 0.15) is 11.5 Å². The lowest BCUT2D eigenvalue weighted by molar-refractivity contribution is -0.115. The van der Waals surface area contributed by atoms with Crippen molar-refractivity contribution in [3.63, 3.8) is 0 Å². The molecule has 1 saturated heterocycles. The van der Waals surface area contributed by atoms with Gasteiger partial charge in [0.05, 0.1) is 5.92 Å². The molecule has 3 amide bonds. The normalized spacial score (nSPS) is 18.7. The smallest absolute Gasteiger partial charge is 0.303 e. The van der Waals surface area contributed by atoms with E-state index < -0.39 is 17.9 Å². The molecule has 0 unspecified atom stereocenters. The van der Waals surface area contributed by atoms with Crippen LogP contribution in [0.25, 0.3) is 0 Å². The molecule has 1 atom stereocenters. The number of aldehydes is 1. The molecular weight excluding hydrogens is 220 g/mol. The first-order valence-corrected chi connectivity index (χ1v) is 5.05. The largest absolute Gasteiger partial charge is 0.326 e. The predicted molar refractivity (Wildman–Crippen MR) is 60.0 cm³/mol. The van der Waals surface area contributed by atoms with E-state index in [0.717, 1.165) is 11.8 Å². The summed E-state index contributed by atoms with van der Waals surface area (Å²) >= 11 is 0. The number of allylic oxidation sites excluding steroid dienone is 1. The molecule has 1 heterocycles. The van der Waals surface area contributed by atoms with Gasteiger partial charge in [-0.25, -0.2) is 4.79 Å². The average molecular weight is 230 g/mol. The number of imide groups is 1. The van der Waals surface area contributed by atoms with Crippen LogP contribution in [0.3, 0.4) is 0 Å². The van der Waals surface area contributed by atoms with Gasteiger partial charge in [-0.1, -0.05) is 30.3 Å². The van der Waals surface area contributed by atoms with E-state index in [1.807, 2.05) is 6.07 Å². The highest BCUT2D eigenvalue weighted by atomic mass is 16.2. The van der Waals surface area contributed by atoms with E-state index in [9.17, 15) is 14.4 Å². The Morgan fingerprint density at radius 2 is 1.76 bits per heavy atom. The van der Waals surface area contributed by atoms with Crippen molar-refractivity contribution in [2.24, 2.45) is 0 Å². The molecule has 1 aliphatic rings. The summed E-state index contributed by atoms with van der Waals surface area (Å²) in [6, 6.07) is 8.44. The highest BCUT2D eigenvalue weighted by Gasteiger charge is 2.24. The molecule has 1 aromatic rings. The van der Waals surface area contributed by atoms with Gasteiger partial charge in [0.15, 0.2) is 0 Å². The second-order valence-corrected chi connectivity index (χ2v) is 3.56. The summed E-state index contributed by atoms with van der Waals surface area (Å²) in [4.78, 5) is 33.2.